The highest BCUT2D eigenvalue weighted by Gasteiger charge is 2.24. The minimum Gasteiger partial charge on any atom is -0.350 e. The Kier molecular flexibility index (Phi) is 4.51. The number of hydrogen-bond acceptors (Lipinski definition) is 4. The second kappa shape index (κ2) is 6.54. The van der Waals surface area contributed by atoms with E-state index in [0.29, 0.717) is 6.04 Å². The number of nitrogens with zero attached hydrogens (tertiary/aromatic N) is 4. The van der Waals surface area contributed by atoms with Gasteiger partial charge in [0.25, 0.3) is 0 Å². The van der Waals surface area contributed by atoms with Crippen LogP contribution < -0.4 is 4.90 Å². The smallest absolute Gasteiger partial charge is 0.147 e. The maximum Gasteiger partial charge on any atom is 0.147 e. The molecule has 1 atom stereocenters. The highest BCUT2D eigenvalue weighted by molar-refractivity contribution is 9.10. The fraction of sp³-hybridized carbons (Fsp3) is 0.375. The van der Waals surface area contributed by atoms with Crippen LogP contribution in [0.1, 0.15) is 12.5 Å². The lowest BCUT2D eigenvalue weighted by Crippen LogP contribution is -2.51. The summed E-state index contributed by atoms with van der Waals surface area (Å²) in [6, 6.07) is 11.1. The van der Waals surface area contributed by atoms with Crippen LogP contribution in [0.5, 0.6) is 0 Å². The van der Waals surface area contributed by atoms with Crippen molar-refractivity contribution in [2.75, 3.05) is 24.5 Å². The number of benzene rings is 1. The quantitative estimate of drug-likeness (QED) is 0.855. The van der Waals surface area contributed by atoms with E-state index >= 15 is 0 Å². The van der Waals surface area contributed by atoms with Gasteiger partial charge in [-0.3, -0.25) is 4.90 Å². The first-order valence-electron chi connectivity index (χ1n) is 7.23. The minimum absolute atomic E-state index is 0.443. The van der Waals surface area contributed by atoms with Crippen molar-refractivity contribution in [2.24, 2.45) is 0 Å². The Labute approximate surface area is 133 Å². The maximum absolute atomic E-state index is 4.46. The molecule has 0 aliphatic carbocycles. The molecule has 1 aromatic heterocycles. The number of hydrogen-bond donors (Lipinski definition) is 0. The first kappa shape index (κ1) is 14.5. The Balaban J connectivity index is 1.63. The van der Waals surface area contributed by atoms with Crippen molar-refractivity contribution in [3.63, 3.8) is 0 Å². The molecule has 3 rings (SSSR count). The van der Waals surface area contributed by atoms with Crippen LogP contribution >= 0.6 is 15.9 Å². The second-order valence-electron chi connectivity index (χ2n) is 5.46. The molecule has 0 spiro atoms. The van der Waals surface area contributed by atoms with Gasteiger partial charge in [0.2, 0.25) is 0 Å². The molecular weight excluding hydrogens is 328 g/mol. The zero-order valence-electron chi connectivity index (χ0n) is 12.1. The molecule has 1 fully saturated rings. The van der Waals surface area contributed by atoms with E-state index in [9.17, 15) is 0 Å². The lowest BCUT2D eigenvalue weighted by Gasteiger charge is -2.40. The highest BCUT2D eigenvalue weighted by atomic mass is 79.9. The van der Waals surface area contributed by atoms with Crippen molar-refractivity contribution < 1.29 is 0 Å². The van der Waals surface area contributed by atoms with Crippen LogP contribution in [0.4, 0.5) is 5.82 Å². The fourth-order valence-corrected chi connectivity index (χ4v) is 3.02. The molecule has 5 heteroatoms. The summed E-state index contributed by atoms with van der Waals surface area (Å²) < 4.78 is 0.779. The van der Waals surface area contributed by atoms with Crippen LogP contribution in [0.3, 0.4) is 0 Å². The molecule has 1 unspecified atom stereocenters. The monoisotopic (exact) mass is 346 g/mol. The zero-order valence-corrected chi connectivity index (χ0v) is 13.7. The molecule has 0 saturated carbocycles. The Hall–Kier alpha value is -1.46. The van der Waals surface area contributed by atoms with Crippen molar-refractivity contribution in [1.29, 1.82) is 0 Å². The Morgan fingerprint density at radius 3 is 2.62 bits per heavy atom. The van der Waals surface area contributed by atoms with Crippen molar-refractivity contribution in [3.05, 3.63) is 52.9 Å². The standard InChI is InChI=1S/C16H19BrN4/c1-13-11-20(12-14-5-3-2-4-6-14)7-8-21(13)16-10-18-15(17)9-19-16/h2-6,9-10,13H,7-8,11-12H2,1H3. The summed E-state index contributed by atoms with van der Waals surface area (Å²) in [5.74, 6) is 0.963. The number of aromatic nitrogens is 2. The third kappa shape index (κ3) is 3.60. The number of anilines is 1. The van der Waals surface area contributed by atoms with Crippen molar-refractivity contribution >= 4 is 21.7 Å². The Morgan fingerprint density at radius 2 is 1.95 bits per heavy atom. The molecule has 1 aliphatic rings. The van der Waals surface area contributed by atoms with Crippen LogP contribution in [0.15, 0.2) is 47.3 Å². The molecule has 2 heterocycles. The summed E-state index contributed by atoms with van der Waals surface area (Å²) in [7, 11) is 0. The predicted octanol–water partition coefficient (Wildman–Crippen LogP) is 2.95. The lowest BCUT2D eigenvalue weighted by atomic mass is 10.1. The van der Waals surface area contributed by atoms with E-state index in [1.165, 1.54) is 5.56 Å². The molecule has 0 radical (unpaired) electrons. The van der Waals surface area contributed by atoms with Gasteiger partial charge in [-0.1, -0.05) is 30.3 Å². The van der Waals surface area contributed by atoms with Crippen LogP contribution in [-0.4, -0.2) is 40.5 Å². The summed E-state index contributed by atoms with van der Waals surface area (Å²) in [6.45, 7) is 6.36. The number of piperazine rings is 1. The molecular formula is C16H19BrN4. The lowest BCUT2D eigenvalue weighted by molar-refractivity contribution is 0.220. The van der Waals surface area contributed by atoms with E-state index < -0.39 is 0 Å². The van der Waals surface area contributed by atoms with Gasteiger partial charge in [0.15, 0.2) is 0 Å². The van der Waals surface area contributed by atoms with Crippen molar-refractivity contribution in [2.45, 2.75) is 19.5 Å². The molecule has 0 amide bonds. The number of rotatable bonds is 3. The van der Waals surface area contributed by atoms with Gasteiger partial charge in [0.1, 0.15) is 10.4 Å². The van der Waals surface area contributed by atoms with Gasteiger partial charge >= 0.3 is 0 Å². The van der Waals surface area contributed by atoms with Gasteiger partial charge in [0, 0.05) is 32.2 Å². The first-order valence-corrected chi connectivity index (χ1v) is 8.02. The third-order valence-electron chi connectivity index (χ3n) is 3.86. The van der Waals surface area contributed by atoms with Crippen LogP contribution in [-0.2, 0) is 6.54 Å². The van der Waals surface area contributed by atoms with Gasteiger partial charge in [-0.2, -0.15) is 0 Å². The van der Waals surface area contributed by atoms with Gasteiger partial charge in [-0.15, -0.1) is 0 Å². The Bertz CT molecular complexity index is 573. The molecule has 2 aromatic rings. The van der Waals surface area contributed by atoms with Gasteiger partial charge in [-0.25, -0.2) is 9.97 Å². The van der Waals surface area contributed by atoms with Gasteiger partial charge < -0.3 is 4.90 Å². The van der Waals surface area contributed by atoms with E-state index in [4.69, 9.17) is 0 Å². The summed E-state index contributed by atoms with van der Waals surface area (Å²) in [5.41, 5.74) is 1.38. The molecule has 0 bridgehead atoms. The molecule has 21 heavy (non-hydrogen) atoms. The molecule has 0 N–H and O–H groups in total. The Morgan fingerprint density at radius 1 is 1.14 bits per heavy atom. The first-order chi connectivity index (χ1) is 10.2. The van der Waals surface area contributed by atoms with E-state index in [2.05, 4.69) is 73.0 Å². The summed E-state index contributed by atoms with van der Waals surface area (Å²) in [4.78, 5) is 13.6. The molecule has 1 saturated heterocycles. The van der Waals surface area contributed by atoms with Gasteiger partial charge in [-0.05, 0) is 28.4 Å². The average Bonchev–Trinajstić information content (AvgIpc) is 2.50. The van der Waals surface area contributed by atoms with Crippen molar-refractivity contribution in [3.8, 4) is 0 Å². The zero-order chi connectivity index (χ0) is 14.7. The maximum atomic E-state index is 4.46. The van der Waals surface area contributed by atoms with Crippen LogP contribution in [0, 0.1) is 0 Å². The normalized spacial score (nSPS) is 19.7. The SMILES string of the molecule is CC1CN(Cc2ccccc2)CCN1c1cnc(Br)cn1. The second-order valence-corrected chi connectivity index (χ2v) is 6.27. The van der Waals surface area contributed by atoms with E-state index in [1.807, 2.05) is 6.20 Å². The average molecular weight is 347 g/mol. The largest absolute Gasteiger partial charge is 0.350 e. The van der Waals surface area contributed by atoms with Crippen molar-refractivity contribution in [1.82, 2.24) is 14.9 Å². The summed E-state index contributed by atoms with van der Waals surface area (Å²) in [5, 5.41) is 0. The highest BCUT2D eigenvalue weighted by Crippen LogP contribution is 2.19. The predicted molar refractivity (Wildman–Crippen MR) is 88.3 cm³/mol. The van der Waals surface area contributed by atoms with Crippen LogP contribution in [0.25, 0.3) is 0 Å². The number of halogens is 1. The molecule has 110 valence electrons. The van der Waals surface area contributed by atoms with E-state index in [0.717, 1.165) is 36.6 Å². The van der Waals surface area contributed by atoms with E-state index in [1.54, 1.807) is 6.20 Å². The van der Waals surface area contributed by atoms with Crippen LogP contribution in [0.2, 0.25) is 0 Å². The molecule has 4 nitrogen and oxygen atoms in total. The fourth-order valence-electron chi connectivity index (χ4n) is 2.81. The van der Waals surface area contributed by atoms with E-state index in [-0.39, 0.29) is 0 Å². The summed E-state index contributed by atoms with van der Waals surface area (Å²) >= 11 is 3.33. The molecule has 1 aliphatic heterocycles. The topological polar surface area (TPSA) is 32.3 Å². The van der Waals surface area contributed by atoms with Gasteiger partial charge in [0.05, 0.1) is 12.4 Å². The molecule has 1 aromatic carbocycles. The third-order valence-corrected chi connectivity index (χ3v) is 4.27. The summed E-state index contributed by atoms with van der Waals surface area (Å²) in [6.07, 6.45) is 3.60. The minimum atomic E-state index is 0.443.